The van der Waals surface area contributed by atoms with Gasteiger partial charge in [-0.05, 0) is 6.92 Å². The number of aliphatic hydroxyl groups is 1. The van der Waals surface area contributed by atoms with Gasteiger partial charge in [-0.3, -0.25) is 0 Å². The Hall–Kier alpha value is -1.32. The van der Waals surface area contributed by atoms with Crippen LogP contribution in [0.4, 0.5) is 0 Å². The van der Waals surface area contributed by atoms with Crippen LogP contribution >= 0.6 is 0 Å². The topological polar surface area (TPSA) is 70.4 Å². The van der Waals surface area contributed by atoms with Crippen LogP contribution in [0, 0.1) is 5.41 Å². The van der Waals surface area contributed by atoms with Gasteiger partial charge < -0.3 is 15.3 Å². The van der Waals surface area contributed by atoms with Crippen LogP contribution in [0.1, 0.15) is 6.92 Å². The van der Waals surface area contributed by atoms with Gasteiger partial charge in [-0.25, -0.2) is 4.79 Å². The number of carbonyl (C=O) groups is 1. The third-order valence-corrected chi connectivity index (χ3v) is 0.806. The number of hydrogen-bond donors (Lipinski definition) is 2. The normalized spacial score (nSPS) is 10.7. The Morgan fingerprint density at radius 2 is 2.40 bits per heavy atom. The SMILES string of the molecule is CCOC(=O)C(C=N)=CO. The minimum Gasteiger partial charge on any atom is -0.515 e. The lowest BCUT2D eigenvalue weighted by Gasteiger charge is -1.97. The zero-order valence-corrected chi connectivity index (χ0v) is 5.63. The predicted molar refractivity (Wildman–Crippen MR) is 36.1 cm³/mol. The first-order valence-corrected chi connectivity index (χ1v) is 2.78. The van der Waals surface area contributed by atoms with Gasteiger partial charge in [-0.15, -0.1) is 0 Å². The van der Waals surface area contributed by atoms with Crippen LogP contribution in [0.25, 0.3) is 0 Å². The van der Waals surface area contributed by atoms with Gasteiger partial charge in [0.2, 0.25) is 0 Å². The summed E-state index contributed by atoms with van der Waals surface area (Å²) in [6, 6.07) is 0. The maximum atomic E-state index is 10.6. The summed E-state index contributed by atoms with van der Waals surface area (Å²) in [6.07, 6.45) is 1.28. The Bertz CT molecular complexity index is 162. The van der Waals surface area contributed by atoms with Crippen LogP contribution in [-0.4, -0.2) is 23.9 Å². The quantitative estimate of drug-likeness (QED) is 0.263. The molecule has 2 N–H and O–H groups in total. The first-order chi connectivity index (χ1) is 4.76. The Morgan fingerprint density at radius 3 is 2.70 bits per heavy atom. The van der Waals surface area contributed by atoms with Crippen molar-refractivity contribution in [1.29, 1.82) is 5.41 Å². The van der Waals surface area contributed by atoms with E-state index in [1.165, 1.54) is 0 Å². The molecule has 0 unspecified atom stereocenters. The minimum atomic E-state index is -0.681. The third kappa shape index (κ3) is 2.30. The number of rotatable bonds is 3. The first kappa shape index (κ1) is 8.68. The summed E-state index contributed by atoms with van der Waals surface area (Å²) in [7, 11) is 0. The van der Waals surface area contributed by atoms with Crippen LogP contribution in [0.3, 0.4) is 0 Å². The fourth-order valence-corrected chi connectivity index (χ4v) is 0.363. The van der Waals surface area contributed by atoms with Crippen molar-refractivity contribution in [3.63, 3.8) is 0 Å². The molecular formula is C6H9NO3. The van der Waals surface area contributed by atoms with Gasteiger partial charge in [0, 0.05) is 6.21 Å². The molecule has 0 saturated heterocycles. The van der Waals surface area contributed by atoms with Gasteiger partial charge in [0.1, 0.15) is 5.57 Å². The molecule has 0 aliphatic rings. The second-order valence-corrected chi connectivity index (χ2v) is 1.45. The fraction of sp³-hybridized carbons (Fsp3) is 0.333. The van der Waals surface area contributed by atoms with E-state index in [1.807, 2.05) is 0 Å². The molecule has 0 atom stereocenters. The van der Waals surface area contributed by atoms with Crippen LogP contribution in [0.15, 0.2) is 11.8 Å². The van der Waals surface area contributed by atoms with Crippen molar-refractivity contribution >= 4 is 12.2 Å². The highest BCUT2D eigenvalue weighted by molar-refractivity contribution is 6.08. The van der Waals surface area contributed by atoms with Crippen LogP contribution < -0.4 is 0 Å². The molecule has 0 aromatic heterocycles. The van der Waals surface area contributed by atoms with Gasteiger partial charge >= 0.3 is 5.97 Å². The summed E-state index contributed by atoms with van der Waals surface area (Å²) >= 11 is 0. The molecule has 0 heterocycles. The smallest absolute Gasteiger partial charge is 0.342 e. The zero-order valence-electron chi connectivity index (χ0n) is 5.63. The van der Waals surface area contributed by atoms with Crippen molar-refractivity contribution in [3.05, 3.63) is 11.8 Å². The standard InChI is InChI=1S/C6H9NO3/c1-2-10-6(9)5(3-7)4-8/h3-4,7-8H,2H2,1H3. The monoisotopic (exact) mass is 143 g/mol. The molecule has 0 fully saturated rings. The molecule has 0 bridgehead atoms. The van der Waals surface area contributed by atoms with Gasteiger partial charge in [-0.2, -0.15) is 0 Å². The predicted octanol–water partition coefficient (Wildman–Crippen LogP) is 0.641. The largest absolute Gasteiger partial charge is 0.515 e. The highest BCUT2D eigenvalue weighted by atomic mass is 16.5. The molecular weight excluding hydrogens is 134 g/mol. The molecule has 0 amide bonds. The lowest BCUT2D eigenvalue weighted by atomic mass is 10.3. The van der Waals surface area contributed by atoms with E-state index in [0.717, 1.165) is 6.21 Å². The summed E-state index contributed by atoms with van der Waals surface area (Å²) in [4.78, 5) is 10.6. The average molecular weight is 143 g/mol. The number of nitrogens with one attached hydrogen (secondary N) is 1. The number of carbonyl (C=O) groups excluding carboxylic acids is 1. The molecule has 0 saturated carbocycles. The molecule has 0 rings (SSSR count). The zero-order chi connectivity index (χ0) is 7.98. The van der Waals surface area contributed by atoms with Gasteiger partial charge in [0.25, 0.3) is 0 Å². The van der Waals surface area contributed by atoms with Gasteiger partial charge in [-0.1, -0.05) is 0 Å². The van der Waals surface area contributed by atoms with E-state index in [2.05, 4.69) is 4.74 Å². The molecule has 4 heteroatoms. The Morgan fingerprint density at radius 1 is 1.80 bits per heavy atom. The molecule has 0 aliphatic carbocycles. The summed E-state index contributed by atoms with van der Waals surface area (Å²) in [5, 5.41) is 14.9. The summed E-state index contributed by atoms with van der Waals surface area (Å²) < 4.78 is 4.47. The highest BCUT2D eigenvalue weighted by Gasteiger charge is 2.05. The fourth-order valence-electron chi connectivity index (χ4n) is 0.363. The lowest BCUT2D eigenvalue weighted by molar-refractivity contribution is -0.137. The first-order valence-electron chi connectivity index (χ1n) is 2.78. The highest BCUT2D eigenvalue weighted by Crippen LogP contribution is 1.91. The number of ether oxygens (including phenoxy) is 1. The number of esters is 1. The Kier molecular flexibility index (Phi) is 3.95. The summed E-state index contributed by atoms with van der Waals surface area (Å²) in [5.74, 6) is -0.681. The molecule has 0 aliphatic heterocycles. The van der Waals surface area contributed by atoms with E-state index in [9.17, 15) is 4.79 Å². The van der Waals surface area contributed by atoms with Gasteiger partial charge in [0.05, 0.1) is 12.9 Å². The Balaban J connectivity index is 4.04. The summed E-state index contributed by atoms with van der Waals surface area (Å²) in [5.41, 5.74) is -0.151. The third-order valence-electron chi connectivity index (χ3n) is 0.806. The molecule has 0 spiro atoms. The Labute approximate surface area is 58.6 Å². The lowest BCUT2D eigenvalue weighted by Crippen LogP contribution is -2.08. The summed E-state index contributed by atoms with van der Waals surface area (Å²) in [6.45, 7) is 1.89. The minimum absolute atomic E-state index is 0.151. The van der Waals surface area contributed by atoms with Crippen LogP contribution in [0.2, 0.25) is 0 Å². The molecule has 4 nitrogen and oxygen atoms in total. The van der Waals surface area contributed by atoms with Crippen LogP contribution in [0.5, 0.6) is 0 Å². The molecule has 56 valence electrons. The molecule has 0 radical (unpaired) electrons. The van der Waals surface area contributed by atoms with E-state index in [4.69, 9.17) is 10.5 Å². The number of hydrogen-bond acceptors (Lipinski definition) is 4. The van der Waals surface area contributed by atoms with Crippen molar-refractivity contribution in [2.75, 3.05) is 6.61 Å². The molecule has 10 heavy (non-hydrogen) atoms. The molecule has 0 aromatic carbocycles. The maximum Gasteiger partial charge on any atom is 0.342 e. The second kappa shape index (κ2) is 4.55. The van der Waals surface area contributed by atoms with Crippen LogP contribution in [-0.2, 0) is 9.53 Å². The average Bonchev–Trinajstić information content (AvgIpc) is 1.91. The van der Waals surface area contributed by atoms with Crippen molar-refractivity contribution in [3.8, 4) is 0 Å². The molecule has 0 aromatic rings. The van der Waals surface area contributed by atoms with E-state index in [0.29, 0.717) is 6.26 Å². The second-order valence-electron chi connectivity index (χ2n) is 1.45. The maximum absolute atomic E-state index is 10.6. The van der Waals surface area contributed by atoms with E-state index in [1.54, 1.807) is 6.92 Å². The van der Waals surface area contributed by atoms with E-state index >= 15 is 0 Å². The number of aliphatic hydroxyl groups excluding tert-OH is 1. The van der Waals surface area contributed by atoms with E-state index < -0.39 is 5.97 Å². The van der Waals surface area contributed by atoms with Gasteiger partial charge in [0.15, 0.2) is 0 Å². The van der Waals surface area contributed by atoms with Crippen molar-refractivity contribution < 1.29 is 14.6 Å². The van der Waals surface area contributed by atoms with Crippen molar-refractivity contribution in [1.82, 2.24) is 0 Å². The van der Waals surface area contributed by atoms with E-state index in [-0.39, 0.29) is 12.2 Å². The van der Waals surface area contributed by atoms with Crippen molar-refractivity contribution in [2.45, 2.75) is 6.92 Å². The van der Waals surface area contributed by atoms with Crippen molar-refractivity contribution in [2.24, 2.45) is 0 Å².